The van der Waals surface area contributed by atoms with Gasteiger partial charge in [0.15, 0.2) is 11.5 Å². The number of aromatic nitrogens is 2. The van der Waals surface area contributed by atoms with E-state index in [1.54, 1.807) is 12.1 Å². The van der Waals surface area contributed by atoms with Gasteiger partial charge in [-0.2, -0.15) is 0 Å². The van der Waals surface area contributed by atoms with Crippen LogP contribution in [-0.2, 0) is 24.4 Å². The summed E-state index contributed by atoms with van der Waals surface area (Å²) in [6.45, 7) is 4.64. The zero-order chi connectivity index (χ0) is 26.5. The first kappa shape index (κ1) is 26.0. The molecule has 0 unspecified atom stereocenters. The molecule has 10 nitrogen and oxygen atoms in total. The van der Waals surface area contributed by atoms with Gasteiger partial charge in [-0.15, -0.1) is 11.3 Å². The van der Waals surface area contributed by atoms with Crippen LogP contribution in [0.4, 0.5) is 10.5 Å². The van der Waals surface area contributed by atoms with Gasteiger partial charge in [0, 0.05) is 48.7 Å². The van der Waals surface area contributed by atoms with Crippen molar-refractivity contribution < 1.29 is 29.2 Å². The number of aliphatic hydroxyl groups excluding tert-OH is 2. The summed E-state index contributed by atoms with van der Waals surface area (Å²) < 4.78 is 18.3. The number of carbonyl (C=O) groups is 1. The first-order chi connectivity index (χ1) is 18.6. The van der Waals surface area contributed by atoms with Gasteiger partial charge >= 0.3 is 6.09 Å². The second-order valence-corrected chi connectivity index (χ2v) is 9.67. The minimum absolute atomic E-state index is 0.0248. The van der Waals surface area contributed by atoms with Crippen molar-refractivity contribution >= 4 is 34.0 Å². The Morgan fingerprint density at radius 1 is 1.16 bits per heavy atom. The second kappa shape index (κ2) is 11.8. The molecule has 0 saturated heterocycles. The molecule has 0 spiro atoms. The van der Waals surface area contributed by atoms with E-state index < -0.39 is 6.09 Å². The molecule has 1 amide bonds. The number of rotatable bonds is 11. The summed E-state index contributed by atoms with van der Waals surface area (Å²) >= 11 is 1.54. The third kappa shape index (κ3) is 5.76. The molecule has 0 fully saturated rings. The fraction of sp³-hybridized carbons (Fsp3) is 0.333. The number of ether oxygens (including phenoxy) is 3. The van der Waals surface area contributed by atoms with Crippen LogP contribution in [0.3, 0.4) is 0 Å². The molecular weight excluding hydrogens is 508 g/mol. The van der Waals surface area contributed by atoms with Crippen molar-refractivity contribution in [3.8, 4) is 22.1 Å². The highest BCUT2D eigenvalue weighted by Gasteiger charge is 2.17. The first-order valence-corrected chi connectivity index (χ1v) is 13.3. The number of hydrogen-bond acceptors (Lipinski definition) is 9. The number of anilines is 1. The van der Waals surface area contributed by atoms with Crippen LogP contribution in [0.25, 0.3) is 21.5 Å². The number of thiazole rings is 1. The topological polar surface area (TPSA) is 118 Å². The van der Waals surface area contributed by atoms with Gasteiger partial charge in [0.05, 0.1) is 30.1 Å². The van der Waals surface area contributed by atoms with E-state index in [0.717, 1.165) is 39.3 Å². The maximum atomic E-state index is 12.7. The molecule has 11 heteroatoms. The third-order valence-electron chi connectivity index (χ3n) is 6.28. The zero-order valence-corrected chi connectivity index (χ0v) is 21.9. The van der Waals surface area contributed by atoms with Crippen LogP contribution in [0, 0.1) is 0 Å². The molecule has 3 N–H and O–H groups in total. The summed E-state index contributed by atoms with van der Waals surface area (Å²) in [5, 5.41) is 25.2. The minimum Gasteiger partial charge on any atom is -0.454 e. The molecule has 38 heavy (non-hydrogen) atoms. The zero-order valence-electron chi connectivity index (χ0n) is 21.1. The number of carbonyl (C=O) groups excluding carboxylic acids is 1. The fourth-order valence-corrected chi connectivity index (χ4v) is 5.22. The van der Waals surface area contributed by atoms with Crippen LogP contribution >= 0.6 is 11.3 Å². The average Bonchev–Trinajstić information content (AvgIpc) is 3.66. The minimum atomic E-state index is -0.549. The lowest BCUT2D eigenvalue weighted by Crippen LogP contribution is -2.29. The summed E-state index contributed by atoms with van der Waals surface area (Å²) in [4.78, 5) is 19.4. The van der Waals surface area contributed by atoms with Crippen molar-refractivity contribution in [1.82, 2.24) is 14.5 Å². The largest absolute Gasteiger partial charge is 0.454 e. The Morgan fingerprint density at radius 2 is 1.97 bits per heavy atom. The third-order valence-corrected chi connectivity index (χ3v) is 7.22. The molecule has 2 aromatic carbocycles. The van der Waals surface area contributed by atoms with Crippen LogP contribution in [0.2, 0.25) is 0 Å². The quantitative estimate of drug-likeness (QED) is 0.262. The van der Waals surface area contributed by atoms with Crippen molar-refractivity contribution in [3.05, 3.63) is 59.2 Å². The van der Waals surface area contributed by atoms with E-state index in [1.807, 2.05) is 47.7 Å². The molecule has 0 aliphatic carbocycles. The van der Waals surface area contributed by atoms with Gasteiger partial charge < -0.3 is 29.0 Å². The lowest BCUT2D eigenvalue weighted by atomic mass is 10.1. The average molecular weight is 539 g/mol. The molecule has 5 rings (SSSR count). The van der Waals surface area contributed by atoms with Crippen molar-refractivity contribution in [1.29, 1.82) is 0 Å². The highest BCUT2D eigenvalue weighted by atomic mass is 32.1. The fourth-order valence-electron chi connectivity index (χ4n) is 4.41. The molecule has 1 aliphatic heterocycles. The van der Waals surface area contributed by atoms with Crippen molar-refractivity contribution in [2.24, 2.45) is 0 Å². The number of benzene rings is 2. The lowest BCUT2D eigenvalue weighted by molar-refractivity contribution is 0.154. The predicted octanol–water partition coefficient (Wildman–Crippen LogP) is 4.05. The van der Waals surface area contributed by atoms with Gasteiger partial charge in [-0.05, 0) is 42.8 Å². The highest BCUT2D eigenvalue weighted by molar-refractivity contribution is 7.13. The maximum absolute atomic E-state index is 12.7. The van der Waals surface area contributed by atoms with Gasteiger partial charge in [-0.1, -0.05) is 6.07 Å². The van der Waals surface area contributed by atoms with Crippen molar-refractivity contribution in [2.75, 3.05) is 38.4 Å². The Bertz CT molecular complexity index is 1410. The standard InChI is InChI=1S/C27H30N4O6S/c1-2-31-14-22(29-27(34)35-15-18-3-6-24-25(11-18)37-17-36-24)21-12-19(4-5-23(21)31)26-28-20(16-38-26)13-30(7-9-32)8-10-33/h3-6,11-12,14,16,32-33H,2,7-10,13,15,17H2,1H3,(H,29,34). The van der Waals surface area contributed by atoms with E-state index in [1.165, 1.54) is 11.3 Å². The van der Waals surface area contributed by atoms with Crippen molar-refractivity contribution in [3.63, 3.8) is 0 Å². The summed E-state index contributed by atoms with van der Waals surface area (Å²) in [6, 6.07) is 11.5. The SMILES string of the molecule is CCn1cc(NC(=O)OCc2ccc3c(c2)OCO3)c2cc(-c3nc(CN(CCO)CCO)cs3)ccc21. The molecule has 0 radical (unpaired) electrons. The van der Waals surface area contributed by atoms with Crippen LogP contribution < -0.4 is 14.8 Å². The summed E-state index contributed by atoms with van der Waals surface area (Å²) in [5.41, 5.74) is 4.28. The highest BCUT2D eigenvalue weighted by Crippen LogP contribution is 2.34. The maximum Gasteiger partial charge on any atom is 0.412 e. The van der Waals surface area contributed by atoms with E-state index in [0.29, 0.717) is 36.8 Å². The number of fused-ring (bicyclic) bond motifs is 2. The Morgan fingerprint density at radius 3 is 2.76 bits per heavy atom. The van der Waals surface area contributed by atoms with Gasteiger partial charge in [0.25, 0.3) is 0 Å². The van der Waals surface area contributed by atoms with Gasteiger partial charge in [-0.3, -0.25) is 10.2 Å². The molecule has 2 aromatic heterocycles. The Hall–Kier alpha value is -3.64. The molecule has 4 aromatic rings. The number of nitrogens with zero attached hydrogens (tertiary/aromatic N) is 3. The smallest absolute Gasteiger partial charge is 0.412 e. The molecule has 1 aliphatic rings. The van der Waals surface area contributed by atoms with Gasteiger partial charge in [0.1, 0.15) is 11.6 Å². The number of aryl methyl sites for hydroxylation is 1. The summed E-state index contributed by atoms with van der Waals surface area (Å²) in [5.74, 6) is 1.33. The van der Waals surface area contributed by atoms with Crippen LogP contribution in [-0.4, -0.2) is 63.9 Å². The van der Waals surface area contributed by atoms with Crippen LogP contribution in [0.15, 0.2) is 48.0 Å². The molecular formula is C27H30N4O6S. The van der Waals surface area contributed by atoms with Gasteiger partial charge in [-0.25, -0.2) is 9.78 Å². The van der Waals surface area contributed by atoms with E-state index in [-0.39, 0.29) is 26.6 Å². The molecule has 0 saturated carbocycles. The number of hydrogen-bond donors (Lipinski definition) is 3. The summed E-state index contributed by atoms with van der Waals surface area (Å²) in [6.07, 6.45) is 1.36. The number of aliphatic hydroxyl groups is 2. The van der Waals surface area contributed by atoms with E-state index >= 15 is 0 Å². The van der Waals surface area contributed by atoms with Crippen LogP contribution in [0.5, 0.6) is 11.5 Å². The number of nitrogens with one attached hydrogen (secondary N) is 1. The normalized spacial score (nSPS) is 12.4. The summed E-state index contributed by atoms with van der Waals surface area (Å²) in [7, 11) is 0. The molecule has 0 bridgehead atoms. The number of amides is 1. The molecule has 3 heterocycles. The lowest BCUT2D eigenvalue weighted by Gasteiger charge is -2.18. The van der Waals surface area contributed by atoms with Crippen molar-refractivity contribution in [2.45, 2.75) is 26.6 Å². The Balaban J connectivity index is 1.31. The van der Waals surface area contributed by atoms with E-state index in [2.05, 4.69) is 9.88 Å². The van der Waals surface area contributed by atoms with Gasteiger partial charge in [0.2, 0.25) is 6.79 Å². The first-order valence-electron chi connectivity index (χ1n) is 12.4. The monoisotopic (exact) mass is 538 g/mol. The Labute approximate surface area is 224 Å². The molecule has 0 atom stereocenters. The Kier molecular flexibility index (Phi) is 8.08. The van der Waals surface area contributed by atoms with Crippen LogP contribution in [0.1, 0.15) is 18.2 Å². The predicted molar refractivity (Wildman–Crippen MR) is 145 cm³/mol. The van der Waals surface area contributed by atoms with E-state index in [4.69, 9.17) is 19.2 Å². The second-order valence-electron chi connectivity index (χ2n) is 8.82. The van der Waals surface area contributed by atoms with E-state index in [9.17, 15) is 15.0 Å². The molecule has 200 valence electrons.